The lowest BCUT2D eigenvalue weighted by Gasteiger charge is -2.17. The molecule has 0 aliphatic carbocycles. The number of aliphatic hydroxyl groups is 1. The highest BCUT2D eigenvalue weighted by Crippen LogP contribution is 2.40. The Morgan fingerprint density at radius 2 is 1.62 bits per heavy atom. The third-order valence-corrected chi connectivity index (χ3v) is 4.62. The van der Waals surface area contributed by atoms with Gasteiger partial charge < -0.3 is 14.6 Å². The van der Waals surface area contributed by atoms with E-state index in [1.807, 2.05) is 42.5 Å². The van der Waals surface area contributed by atoms with Crippen molar-refractivity contribution in [1.29, 1.82) is 0 Å². The lowest BCUT2D eigenvalue weighted by atomic mass is 10.0. The van der Waals surface area contributed by atoms with Crippen molar-refractivity contribution in [2.24, 2.45) is 0 Å². The molecule has 0 radical (unpaired) electrons. The fourth-order valence-corrected chi connectivity index (χ4v) is 3.49. The van der Waals surface area contributed by atoms with Gasteiger partial charge in [-0.15, -0.1) is 11.3 Å². The first kappa shape index (κ1) is 13.9. The number of fused-ring (bicyclic) bond motifs is 1. The predicted molar refractivity (Wildman–Crippen MR) is 85.4 cm³/mol. The van der Waals surface area contributed by atoms with Crippen LogP contribution in [-0.4, -0.2) is 19.3 Å². The van der Waals surface area contributed by atoms with Crippen LogP contribution >= 0.6 is 11.3 Å². The number of thiophene rings is 1. The average molecular weight is 300 g/mol. The first-order chi connectivity index (χ1) is 10.2. The molecule has 1 aromatic heterocycles. The van der Waals surface area contributed by atoms with Gasteiger partial charge in [0.2, 0.25) is 0 Å². The molecule has 21 heavy (non-hydrogen) atoms. The summed E-state index contributed by atoms with van der Waals surface area (Å²) in [6, 6.07) is 15.6. The van der Waals surface area contributed by atoms with Crippen molar-refractivity contribution in [2.45, 2.75) is 6.10 Å². The normalized spacial score (nSPS) is 12.3. The van der Waals surface area contributed by atoms with Crippen LogP contribution < -0.4 is 9.47 Å². The van der Waals surface area contributed by atoms with Crippen LogP contribution in [0, 0.1) is 0 Å². The first-order valence-electron chi connectivity index (χ1n) is 6.62. The highest BCUT2D eigenvalue weighted by Gasteiger charge is 2.22. The summed E-state index contributed by atoms with van der Waals surface area (Å²) in [4.78, 5) is 0.874. The van der Waals surface area contributed by atoms with Gasteiger partial charge in [0.05, 0.1) is 19.8 Å². The van der Waals surface area contributed by atoms with E-state index in [4.69, 9.17) is 9.47 Å². The molecule has 1 N–H and O–H groups in total. The lowest BCUT2D eigenvalue weighted by Crippen LogP contribution is -2.03. The van der Waals surface area contributed by atoms with Crippen molar-refractivity contribution in [3.05, 3.63) is 59.0 Å². The van der Waals surface area contributed by atoms with E-state index in [1.165, 1.54) is 0 Å². The number of benzene rings is 2. The Morgan fingerprint density at radius 1 is 0.952 bits per heavy atom. The van der Waals surface area contributed by atoms with Crippen molar-refractivity contribution < 1.29 is 14.6 Å². The van der Waals surface area contributed by atoms with Gasteiger partial charge in [-0.25, -0.2) is 0 Å². The molecule has 0 amide bonds. The monoisotopic (exact) mass is 300 g/mol. The van der Waals surface area contributed by atoms with Crippen molar-refractivity contribution in [3.63, 3.8) is 0 Å². The van der Waals surface area contributed by atoms with Crippen molar-refractivity contribution in [3.8, 4) is 11.5 Å². The zero-order valence-corrected chi connectivity index (χ0v) is 12.7. The molecule has 3 aromatic rings. The third kappa shape index (κ3) is 2.48. The second kappa shape index (κ2) is 5.76. The molecule has 0 aliphatic heterocycles. The summed E-state index contributed by atoms with van der Waals surface area (Å²) in [5.74, 6) is 1.25. The van der Waals surface area contributed by atoms with Crippen molar-refractivity contribution in [1.82, 2.24) is 0 Å². The van der Waals surface area contributed by atoms with Crippen LogP contribution in [0.5, 0.6) is 11.5 Å². The molecule has 3 nitrogen and oxygen atoms in total. The average Bonchev–Trinajstić information content (AvgIpc) is 2.97. The number of rotatable bonds is 4. The summed E-state index contributed by atoms with van der Waals surface area (Å²) < 4.78 is 11.9. The second-order valence-electron chi connectivity index (χ2n) is 4.67. The minimum atomic E-state index is -0.770. The highest BCUT2D eigenvalue weighted by atomic mass is 32.1. The van der Waals surface area contributed by atoms with E-state index < -0.39 is 6.10 Å². The standard InChI is InChI=1S/C17H16O3S/c1-19-12-7-5-8-13(20-2)16(12)17(18)15-10-11-6-3-4-9-14(11)21-15/h3-10,17-18H,1-2H3. The Hall–Kier alpha value is -2.04. The molecule has 3 rings (SSSR count). The van der Waals surface area contributed by atoms with Gasteiger partial charge in [-0.05, 0) is 29.7 Å². The van der Waals surface area contributed by atoms with E-state index >= 15 is 0 Å². The van der Waals surface area contributed by atoms with Gasteiger partial charge in [0, 0.05) is 9.58 Å². The van der Waals surface area contributed by atoms with Crippen molar-refractivity contribution >= 4 is 21.4 Å². The van der Waals surface area contributed by atoms with Crippen LogP contribution in [0.1, 0.15) is 16.5 Å². The van der Waals surface area contributed by atoms with E-state index in [0.29, 0.717) is 17.1 Å². The minimum absolute atomic E-state index is 0.624. The number of methoxy groups -OCH3 is 2. The molecular formula is C17H16O3S. The second-order valence-corrected chi connectivity index (χ2v) is 5.78. The zero-order valence-electron chi connectivity index (χ0n) is 11.9. The maximum absolute atomic E-state index is 10.8. The Bertz CT molecular complexity index is 708. The quantitative estimate of drug-likeness (QED) is 0.791. The van der Waals surface area contributed by atoms with Crippen LogP contribution in [0.3, 0.4) is 0 Å². The zero-order chi connectivity index (χ0) is 14.8. The van der Waals surface area contributed by atoms with Gasteiger partial charge in [0.25, 0.3) is 0 Å². The SMILES string of the molecule is COc1cccc(OC)c1C(O)c1cc2ccccc2s1. The summed E-state index contributed by atoms with van der Waals surface area (Å²) in [6.07, 6.45) is -0.770. The van der Waals surface area contributed by atoms with E-state index in [-0.39, 0.29) is 0 Å². The maximum atomic E-state index is 10.8. The van der Waals surface area contributed by atoms with Crippen LogP contribution in [0.15, 0.2) is 48.5 Å². The maximum Gasteiger partial charge on any atom is 0.128 e. The number of hydrogen-bond acceptors (Lipinski definition) is 4. The van der Waals surface area contributed by atoms with E-state index in [0.717, 1.165) is 15.0 Å². The van der Waals surface area contributed by atoms with Crippen LogP contribution in [0.25, 0.3) is 10.1 Å². The molecule has 2 aromatic carbocycles. The van der Waals surface area contributed by atoms with Gasteiger partial charge in [0.15, 0.2) is 0 Å². The molecular weight excluding hydrogens is 284 g/mol. The smallest absolute Gasteiger partial charge is 0.128 e. The van der Waals surface area contributed by atoms with Crippen LogP contribution in [0.4, 0.5) is 0 Å². The van der Waals surface area contributed by atoms with E-state index in [1.54, 1.807) is 25.6 Å². The first-order valence-corrected chi connectivity index (χ1v) is 7.43. The Kier molecular flexibility index (Phi) is 3.82. The molecule has 108 valence electrons. The molecule has 0 aliphatic rings. The van der Waals surface area contributed by atoms with Crippen LogP contribution in [0.2, 0.25) is 0 Å². The molecule has 1 atom stereocenters. The molecule has 0 saturated carbocycles. The number of aliphatic hydroxyl groups excluding tert-OH is 1. The van der Waals surface area contributed by atoms with Gasteiger partial charge in [-0.2, -0.15) is 0 Å². The third-order valence-electron chi connectivity index (χ3n) is 3.45. The molecule has 4 heteroatoms. The topological polar surface area (TPSA) is 38.7 Å². The van der Waals surface area contributed by atoms with Gasteiger partial charge in [-0.3, -0.25) is 0 Å². The van der Waals surface area contributed by atoms with Crippen LogP contribution in [-0.2, 0) is 0 Å². The molecule has 0 bridgehead atoms. The molecule has 1 heterocycles. The van der Waals surface area contributed by atoms with E-state index in [9.17, 15) is 5.11 Å². The summed E-state index contributed by atoms with van der Waals surface area (Å²) in [6.45, 7) is 0. The Balaban J connectivity index is 2.11. The molecule has 0 fully saturated rings. The Morgan fingerprint density at radius 3 is 2.24 bits per heavy atom. The fraction of sp³-hybridized carbons (Fsp3) is 0.176. The number of hydrogen-bond donors (Lipinski definition) is 1. The summed E-state index contributed by atoms with van der Waals surface area (Å²) in [5, 5.41) is 11.9. The fourth-order valence-electron chi connectivity index (χ4n) is 2.43. The number of ether oxygens (including phenoxy) is 2. The van der Waals surface area contributed by atoms with Gasteiger partial charge >= 0.3 is 0 Å². The summed E-state index contributed by atoms with van der Waals surface area (Å²) in [5.41, 5.74) is 0.661. The van der Waals surface area contributed by atoms with Crippen molar-refractivity contribution in [2.75, 3.05) is 14.2 Å². The van der Waals surface area contributed by atoms with E-state index in [2.05, 4.69) is 6.07 Å². The summed E-state index contributed by atoms with van der Waals surface area (Å²) in [7, 11) is 3.19. The Labute approximate surface area is 127 Å². The lowest BCUT2D eigenvalue weighted by molar-refractivity contribution is 0.212. The predicted octanol–water partition coefficient (Wildman–Crippen LogP) is 4.00. The highest BCUT2D eigenvalue weighted by molar-refractivity contribution is 7.19. The van der Waals surface area contributed by atoms with Gasteiger partial charge in [0.1, 0.15) is 17.6 Å². The largest absolute Gasteiger partial charge is 0.496 e. The molecule has 1 unspecified atom stereocenters. The molecule has 0 saturated heterocycles. The minimum Gasteiger partial charge on any atom is -0.496 e. The molecule has 0 spiro atoms. The van der Waals surface area contributed by atoms with Gasteiger partial charge in [-0.1, -0.05) is 24.3 Å². The summed E-state index contributed by atoms with van der Waals surface area (Å²) >= 11 is 1.58.